The van der Waals surface area contributed by atoms with E-state index in [0.29, 0.717) is 12.8 Å². The molecular weight excluding hydrogens is 1050 g/mol. The standard InChI is InChI=1S/C73H135NO10/c1-4-7-10-13-16-19-22-25-27-29-31-33-34-35-37-39-41-43-46-49-52-55-58-61-68(78)84-71-70(80)69(79)67(62-75)83-73(71)82-63-64(65(76)59-56-53-50-47-44-24-21-18-15-12-9-6-3)74-72(81)66(77)60-57-54-51-48-45-42-40-38-36-32-30-28-26-23-20-17-14-11-8-5-2/h17,20,26,28,32,36,56,59,64-67,69-71,73,75-77,79-80H,4-16,18-19,21-25,27,29-31,33-35,37-55,57-58,60-63H2,1-3H3,(H,74,81)/b20-17-,28-26-,36-32-,59-56+. The number of ether oxygens (including phenoxy) is 3. The van der Waals surface area contributed by atoms with Crippen molar-refractivity contribution in [1.82, 2.24) is 5.32 Å². The maximum Gasteiger partial charge on any atom is 0.306 e. The number of rotatable bonds is 62. The van der Waals surface area contributed by atoms with Gasteiger partial charge in [-0.15, -0.1) is 0 Å². The first-order chi connectivity index (χ1) is 41.2. The highest BCUT2D eigenvalue weighted by Crippen LogP contribution is 2.26. The lowest BCUT2D eigenvalue weighted by Crippen LogP contribution is -2.61. The van der Waals surface area contributed by atoms with Crippen LogP contribution in [0.3, 0.4) is 0 Å². The molecule has 0 aromatic heterocycles. The van der Waals surface area contributed by atoms with Crippen molar-refractivity contribution in [3.8, 4) is 0 Å². The third-order valence-electron chi connectivity index (χ3n) is 17.0. The zero-order chi connectivity index (χ0) is 61.0. The molecule has 0 aromatic rings. The lowest BCUT2D eigenvalue weighted by molar-refractivity contribution is -0.305. The molecule has 1 saturated heterocycles. The van der Waals surface area contributed by atoms with Crippen LogP contribution in [0.15, 0.2) is 48.6 Å². The highest BCUT2D eigenvalue weighted by molar-refractivity contribution is 5.80. The molecule has 492 valence electrons. The summed E-state index contributed by atoms with van der Waals surface area (Å²) in [6, 6.07) is -1.03. The fraction of sp³-hybridized carbons (Fsp3) is 0.863. The molecule has 8 atom stereocenters. The predicted molar refractivity (Wildman–Crippen MR) is 352 cm³/mol. The van der Waals surface area contributed by atoms with Crippen molar-refractivity contribution in [2.45, 2.75) is 391 Å². The minimum atomic E-state index is -1.61. The van der Waals surface area contributed by atoms with Crippen LogP contribution >= 0.6 is 0 Å². The number of hydrogen-bond donors (Lipinski definition) is 6. The number of hydrogen-bond acceptors (Lipinski definition) is 10. The fourth-order valence-electron chi connectivity index (χ4n) is 11.3. The summed E-state index contributed by atoms with van der Waals surface area (Å²) in [7, 11) is 0. The number of unbranched alkanes of at least 4 members (excludes halogenated alkanes) is 42. The van der Waals surface area contributed by atoms with Gasteiger partial charge in [0.25, 0.3) is 0 Å². The molecule has 0 saturated carbocycles. The number of carbonyl (C=O) groups is 2. The van der Waals surface area contributed by atoms with Crippen molar-refractivity contribution in [3.05, 3.63) is 48.6 Å². The van der Waals surface area contributed by atoms with Gasteiger partial charge in [-0.05, 0) is 64.2 Å². The molecule has 6 N–H and O–H groups in total. The quantitative estimate of drug-likeness (QED) is 0.0195. The third-order valence-corrected chi connectivity index (χ3v) is 17.0. The fourth-order valence-corrected chi connectivity index (χ4v) is 11.3. The van der Waals surface area contributed by atoms with Crippen LogP contribution in [0.1, 0.15) is 342 Å². The maximum atomic E-state index is 13.5. The van der Waals surface area contributed by atoms with Gasteiger partial charge in [0, 0.05) is 6.42 Å². The normalized spacial score (nSPS) is 18.7. The average molecular weight is 1190 g/mol. The Kier molecular flexibility index (Phi) is 57.7. The summed E-state index contributed by atoms with van der Waals surface area (Å²) in [4.78, 5) is 26.7. The second kappa shape index (κ2) is 60.9. The van der Waals surface area contributed by atoms with Gasteiger partial charge in [-0.25, -0.2) is 0 Å². The van der Waals surface area contributed by atoms with E-state index in [1.54, 1.807) is 6.08 Å². The first-order valence-corrected chi connectivity index (χ1v) is 35.9. The first-order valence-electron chi connectivity index (χ1n) is 35.9. The van der Waals surface area contributed by atoms with Crippen LogP contribution in [0.4, 0.5) is 0 Å². The van der Waals surface area contributed by atoms with E-state index in [1.807, 2.05) is 6.08 Å². The van der Waals surface area contributed by atoms with Crippen molar-refractivity contribution in [2.24, 2.45) is 0 Å². The minimum Gasteiger partial charge on any atom is -0.454 e. The van der Waals surface area contributed by atoms with Gasteiger partial charge in [-0.3, -0.25) is 9.59 Å². The molecule has 0 aliphatic carbocycles. The maximum absolute atomic E-state index is 13.5. The molecule has 1 amide bonds. The van der Waals surface area contributed by atoms with Gasteiger partial charge in [-0.1, -0.05) is 320 Å². The van der Waals surface area contributed by atoms with Crippen molar-refractivity contribution in [2.75, 3.05) is 13.2 Å². The van der Waals surface area contributed by atoms with E-state index in [-0.39, 0.29) is 19.4 Å². The number of aliphatic hydroxyl groups is 5. The molecule has 1 aliphatic heterocycles. The van der Waals surface area contributed by atoms with E-state index >= 15 is 0 Å². The molecule has 11 heteroatoms. The first kappa shape index (κ1) is 79.6. The highest BCUT2D eigenvalue weighted by atomic mass is 16.7. The number of aliphatic hydroxyl groups excluding tert-OH is 5. The summed E-state index contributed by atoms with van der Waals surface area (Å²) in [6.45, 7) is 5.81. The van der Waals surface area contributed by atoms with E-state index in [0.717, 1.165) is 83.5 Å². The summed E-state index contributed by atoms with van der Waals surface area (Å²) in [5.41, 5.74) is 0. The second-order valence-electron chi connectivity index (χ2n) is 25.0. The van der Waals surface area contributed by atoms with Crippen molar-refractivity contribution < 1.29 is 49.3 Å². The predicted octanol–water partition coefficient (Wildman–Crippen LogP) is 18.3. The number of esters is 1. The van der Waals surface area contributed by atoms with Gasteiger partial charge in [0.1, 0.15) is 24.4 Å². The molecule has 11 nitrogen and oxygen atoms in total. The molecular formula is C73H135NO10. The Labute approximate surface area is 516 Å². The van der Waals surface area contributed by atoms with Crippen LogP contribution in [0.25, 0.3) is 0 Å². The van der Waals surface area contributed by atoms with Gasteiger partial charge in [-0.2, -0.15) is 0 Å². The SMILES string of the molecule is CCCCC/C=C\C/C=C\C/C=C\CCCCCCCCCC(O)C(=O)NC(COC1OC(CO)C(O)C(O)C1OC(=O)CCCCCCCCCCCCCCCCCCCCCCCCC)C(O)/C=C/CCCCCCCCCCCC. The van der Waals surface area contributed by atoms with E-state index in [9.17, 15) is 35.1 Å². The zero-order valence-electron chi connectivity index (χ0n) is 54.8. The van der Waals surface area contributed by atoms with E-state index < -0.39 is 67.4 Å². The van der Waals surface area contributed by atoms with Crippen LogP contribution in [-0.2, 0) is 23.8 Å². The summed E-state index contributed by atoms with van der Waals surface area (Å²) < 4.78 is 17.7. The third kappa shape index (κ3) is 47.7. The Morgan fingerprint density at radius 3 is 1.25 bits per heavy atom. The number of amides is 1. The second-order valence-corrected chi connectivity index (χ2v) is 25.0. The molecule has 0 radical (unpaired) electrons. The van der Waals surface area contributed by atoms with Crippen LogP contribution in [0.5, 0.6) is 0 Å². The summed E-state index contributed by atoms with van der Waals surface area (Å²) >= 11 is 0. The Morgan fingerprint density at radius 2 is 0.821 bits per heavy atom. The van der Waals surface area contributed by atoms with Gasteiger partial charge < -0.3 is 45.1 Å². The van der Waals surface area contributed by atoms with Crippen LogP contribution in [-0.4, -0.2) is 99.6 Å². The topological polar surface area (TPSA) is 175 Å². The molecule has 0 bridgehead atoms. The van der Waals surface area contributed by atoms with Crippen LogP contribution in [0.2, 0.25) is 0 Å². The minimum absolute atomic E-state index is 0.127. The summed E-state index contributed by atoms with van der Waals surface area (Å²) in [6.07, 6.45) is 65.8. The molecule has 0 aromatic carbocycles. The summed E-state index contributed by atoms with van der Waals surface area (Å²) in [5.74, 6) is -1.19. The molecule has 84 heavy (non-hydrogen) atoms. The van der Waals surface area contributed by atoms with Crippen LogP contribution < -0.4 is 5.32 Å². The number of nitrogens with one attached hydrogen (secondary N) is 1. The summed E-state index contributed by atoms with van der Waals surface area (Å²) in [5, 5.41) is 57.2. The Hall–Kier alpha value is -2.38. The monoisotopic (exact) mass is 1190 g/mol. The van der Waals surface area contributed by atoms with Crippen molar-refractivity contribution in [1.29, 1.82) is 0 Å². The molecule has 1 heterocycles. The molecule has 1 aliphatic rings. The lowest BCUT2D eigenvalue weighted by Gasteiger charge is -2.41. The van der Waals surface area contributed by atoms with Crippen LogP contribution in [0, 0.1) is 0 Å². The van der Waals surface area contributed by atoms with E-state index in [2.05, 4.69) is 62.5 Å². The van der Waals surface area contributed by atoms with Gasteiger partial charge in [0.2, 0.25) is 5.91 Å². The van der Waals surface area contributed by atoms with Gasteiger partial charge in [0.05, 0.1) is 25.4 Å². The van der Waals surface area contributed by atoms with Crippen molar-refractivity contribution in [3.63, 3.8) is 0 Å². The Morgan fingerprint density at radius 1 is 0.464 bits per heavy atom. The highest BCUT2D eigenvalue weighted by Gasteiger charge is 2.47. The Balaban J connectivity index is 2.57. The lowest BCUT2D eigenvalue weighted by atomic mass is 9.99. The largest absolute Gasteiger partial charge is 0.454 e. The smallest absolute Gasteiger partial charge is 0.306 e. The number of allylic oxidation sites excluding steroid dienone is 7. The Bertz CT molecular complexity index is 1550. The van der Waals surface area contributed by atoms with Gasteiger partial charge in [0.15, 0.2) is 12.4 Å². The van der Waals surface area contributed by atoms with E-state index in [4.69, 9.17) is 14.2 Å². The molecule has 8 unspecified atom stereocenters. The molecule has 1 fully saturated rings. The van der Waals surface area contributed by atoms with Gasteiger partial charge >= 0.3 is 5.97 Å². The van der Waals surface area contributed by atoms with Crippen molar-refractivity contribution >= 4 is 11.9 Å². The zero-order valence-corrected chi connectivity index (χ0v) is 54.8. The number of carbonyl (C=O) groups excluding carboxylic acids is 2. The molecule has 1 rings (SSSR count). The average Bonchev–Trinajstić information content (AvgIpc) is 3.52. The molecule has 0 spiro atoms. The van der Waals surface area contributed by atoms with E-state index in [1.165, 1.54) is 212 Å².